The number of rotatable bonds is 7. The molecule has 172 valence electrons. The molecular formula is C22H16F2N6O3S. The molecule has 0 radical (unpaired) electrons. The van der Waals surface area contributed by atoms with Crippen LogP contribution < -0.4 is 4.72 Å². The Balaban J connectivity index is 1.77. The van der Waals surface area contributed by atoms with E-state index in [4.69, 9.17) is 5.26 Å². The van der Waals surface area contributed by atoms with Crippen LogP contribution in [0.1, 0.15) is 35.1 Å². The first kappa shape index (κ1) is 22.9. The molecule has 4 rings (SSSR count). The number of nitrogens with one attached hydrogen (secondary N) is 2. The molecule has 1 aromatic carbocycles. The van der Waals surface area contributed by atoms with Crippen LogP contribution in [0.3, 0.4) is 0 Å². The first-order valence-corrected chi connectivity index (χ1v) is 11.6. The minimum Gasteiger partial charge on any atom is -0.345 e. The number of nitriles is 1. The maximum Gasteiger partial charge on any atom is 0.232 e. The molecule has 3 heterocycles. The molecule has 2 N–H and O–H groups in total. The number of nitrogens with zero attached hydrogens (tertiary/aromatic N) is 4. The topological polar surface area (TPSA) is 141 Å². The van der Waals surface area contributed by atoms with Crippen LogP contribution in [0.5, 0.6) is 0 Å². The zero-order chi connectivity index (χ0) is 24.5. The maximum absolute atomic E-state index is 15.1. The third kappa shape index (κ3) is 4.33. The number of anilines is 1. The molecule has 0 aliphatic rings. The molecule has 0 aliphatic heterocycles. The van der Waals surface area contributed by atoms with Crippen LogP contribution in [0.15, 0.2) is 43.0 Å². The predicted octanol–water partition coefficient (Wildman–Crippen LogP) is 3.55. The molecular weight excluding hydrogens is 466 g/mol. The van der Waals surface area contributed by atoms with Crippen molar-refractivity contribution in [2.45, 2.75) is 13.3 Å². The summed E-state index contributed by atoms with van der Waals surface area (Å²) in [4.78, 5) is 28.0. The normalized spacial score (nSPS) is 11.4. The standard InChI is InChI=1S/C22H16F2N6O3S/c1-2-5-34(32,33)30-17-4-3-16(23)19(20(17)24)21(31)15-11-29-22-14(15)6-12(8-28-22)13-9-26-18(7-25)27-10-13/h3-4,6,8-11,30H,2,5H2,1H3,(H,28,29). The predicted molar refractivity (Wildman–Crippen MR) is 119 cm³/mol. The first-order chi connectivity index (χ1) is 16.2. The van der Waals surface area contributed by atoms with Crippen molar-refractivity contribution in [3.05, 3.63) is 71.6 Å². The van der Waals surface area contributed by atoms with Crippen LogP contribution >= 0.6 is 0 Å². The molecule has 34 heavy (non-hydrogen) atoms. The molecule has 0 aliphatic carbocycles. The lowest BCUT2D eigenvalue weighted by molar-refractivity contribution is 0.103. The Morgan fingerprint density at radius 3 is 2.53 bits per heavy atom. The molecule has 4 aromatic rings. The zero-order valence-electron chi connectivity index (χ0n) is 17.6. The highest BCUT2D eigenvalue weighted by molar-refractivity contribution is 7.92. The number of fused-ring (bicyclic) bond motifs is 1. The fraction of sp³-hybridized carbons (Fsp3) is 0.136. The van der Waals surface area contributed by atoms with E-state index in [1.165, 1.54) is 24.8 Å². The van der Waals surface area contributed by atoms with Crippen molar-refractivity contribution in [2.24, 2.45) is 0 Å². The average Bonchev–Trinajstić information content (AvgIpc) is 3.24. The van der Waals surface area contributed by atoms with E-state index in [0.717, 1.165) is 12.1 Å². The fourth-order valence-electron chi connectivity index (χ4n) is 3.35. The summed E-state index contributed by atoms with van der Waals surface area (Å²) in [5.74, 6) is -3.73. The van der Waals surface area contributed by atoms with Gasteiger partial charge in [-0.05, 0) is 24.6 Å². The van der Waals surface area contributed by atoms with Gasteiger partial charge in [-0.15, -0.1) is 0 Å². The Morgan fingerprint density at radius 2 is 1.85 bits per heavy atom. The second-order valence-electron chi connectivity index (χ2n) is 7.26. The Kier molecular flexibility index (Phi) is 6.04. The van der Waals surface area contributed by atoms with Gasteiger partial charge in [0.25, 0.3) is 0 Å². The first-order valence-electron chi connectivity index (χ1n) is 9.97. The van der Waals surface area contributed by atoms with Crippen molar-refractivity contribution in [1.82, 2.24) is 19.9 Å². The molecule has 0 amide bonds. The monoisotopic (exact) mass is 482 g/mol. The Labute approximate surface area is 192 Å². The minimum atomic E-state index is -3.86. The van der Waals surface area contributed by atoms with E-state index in [1.807, 2.05) is 6.07 Å². The molecule has 0 fully saturated rings. The van der Waals surface area contributed by atoms with Crippen molar-refractivity contribution in [3.63, 3.8) is 0 Å². The summed E-state index contributed by atoms with van der Waals surface area (Å²) in [5, 5.41) is 9.12. The van der Waals surface area contributed by atoms with Crippen LogP contribution in [-0.2, 0) is 10.0 Å². The van der Waals surface area contributed by atoms with Crippen LogP contribution in [0, 0.1) is 23.0 Å². The van der Waals surface area contributed by atoms with Gasteiger partial charge in [0.15, 0.2) is 5.82 Å². The van der Waals surface area contributed by atoms with E-state index in [9.17, 15) is 17.6 Å². The number of aromatic amines is 1. The third-order valence-corrected chi connectivity index (χ3v) is 6.39. The molecule has 0 atom stereocenters. The number of hydrogen-bond acceptors (Lipinski definition) is 7. The van der Waals surface area contributed by atoms with Gasteiger partial charge in [0.1, 0.15) is 17.5 Å². The number of carbonyl (C=O) groups excluding carboxylic acids is 1. The van der Waals surface area contributed by atoms with Gasteiger partial charge in [0, 0.05) is 46.9 Å². The lowest BCUT2D eigenvalue weighted by Gasteiger charge is -2.11. The highest BCUT2D eigenvalue weighted by Crippen LogP contribution is 2.29. The summed E-state index contributed by atoms with van der Waals surface area (Å²) in [5.41, 5.74) is -0.172. The number of benzene rings is 1. The van der Waals surface area contributed by atoms with Crippen LogP contribution in [0.25, 0.3) is 22.2 Å². The molecule has 0 saturated heterocycles. The lowest BCUT2D eigenvalue weighted by Crippen LogP contribution is -2.18. The maximum atomic E-state index is 15.1. The van der Waals surface area contributed by atoms with Gasteiger partial charge in [-0.2, -0.15) is 5.26 Å². The van der Waals surface area contributed by atoms with Gasteiger partial charge in [-0.3, -0.25) is 9.52 Å². The quantitative estimate of drug-likeness (QED) is 0.384. The van der Waals surface area contributed by atoms with Crippen molar-refractivity contribution in [3.8, 4) is 17.2 Å². The second kappa shape index (κ2) is 8.95. The van der Waals surface area contributed by atoms with Gasteiger partial charge >= 0.3 is 0 Å². The average molecular weight is 482 g/mol. The number of halogens is 2. The number of hydrogen-bond donors (Lipinski definition) is 2. The summed E-state index contributed by atoms with van der Waals surface area (Å²) in [6, 6.07) is 5.13. The smallest absolute Gasteiger partial charge is 0.232 e. The summed E-state index contributed by atoms with van der Waals surface area (Å²) < 4.78 is 55.8. The van der Waals surface area contributed by atoms with Crippen LogP contribution in [-0.4, -0.2) is 39.9 Å². The zero-order valence-corrected chi connectivity index (χ0v) is 18.4. The third-order valence-electron chi connectivity index (χ3n) is 4.92. The fourth-order valence-corrected chi connectivity index (χ4v) is 4.48. The van der Waals surface area contributed by atoms with Crippen molar-refractivity contribution in [1.29, 1.82) is 5.26 Å². The number of ketones is 1. The summed E-state index contributed by atoms with van der Waals surface area (Å²) in [7, 11) is -3.86. The second-order valence-corrected chi connectivity index (χ2v) is 9.11. The number of aromatic nitrogens is 4. The van der Waals surface area contributed by atoms with E-state index < -0.39 is 38.7 Å². The molecule has 3 aromatic heterocycles. The highest BCUT2D eigenvalue weighted by atomic mass is 32.2. The van der Waals surface area contributed by atoms with Crippen molar-refractivity contribution in [2.75, 3.05) is 10.5 Å². The van der Waals surface area contributed by atoms with E-state index in [1.54, 1.807) is 13.0 Å². The van der Waals surface area contributed by atoms with Crippen molar-refractivity contribution < 1.29 is 22.0 Å². The molecule has 12 heteroatoms. The molecule has 9 nitrogen and oxygen atoms in total. The van der Waals surface area contributed by atoms with Gasteiger partial charge < -0.3 is 4.98 Å². The Bertz CT molecular complexity index is 1560. The SMILES string of the molecule is CCCS(=O)(=O)Nc1ccc(F)c(C(=O)c2c[nH]c3ncc(-c4cnc(C#N)nc4)cc23)c1F. The van der Waals surface area contributed by atoms with Gasteiger partial charge in [0.2, 0.25) is 21.6 Å². The number of H-pyrrole nitrogens is 1. The lowest BCUT2D eigenvalue weighted by atomic mass is 10.0. The Morgan fingerprint density at radius 1 is 1.15 bits per heavy atom. The van der Waals surface area contributed by atoms with E-state index >= 15 is 4.39 Å². The van der Waals surface area contributed by atoms with E-state index in [0.29, 0.717) is 23.2 Å². The molecule has 0 spiro atoms. The number of carbonyl (C=O) groups is 1. The number of sulfonamides is 1. The minimum absolute atomic E-state index is 0.0179. The molecule has 0 bridgehead atoms. The van der Waals surface area contributed by atoms with Crippen molar-refractivity contribution >= 4 is 32.5 Å². The van der Waals surface area contributed by atoms with Gasteiger partial charge in [-0.1, -0.05) is 6.92 Å². The molecule has 0 saturated carbocycles. The highest BCUT2D eigenvalue weighted by Gasteiger charge is 2.26. The summed E-state index contributed by atoms with van der Waals surface area (Å²) >= 11 is 0. The summed E-state index contributed by atoms with van der Waals surface area (Å²) in [6.45, 7) is 1.64. The Hall–Kier alpha value is -4.24. The largest absolute Gasteiger partial charge is 0.345 e. The summed E-state index contributed by atoms with van der Waals surface area (Å²) in [6.07, 6.45) is 5.87. The van der Waals surface area contributed by atoms with E-state index in [-0.39, 0.29) is 22.5 Å². The van der Waals surface area contributed by atoms with Gasteiger partial charge in [0.05, 0.1) is 17.0 Å². The van der Waals surface area contributed by atoms with Crippen LogP contribution in [0.2, 0.25) is 0 Å². The van der Waals surface area contributed by atoms with Gasteiger partial charge in [-0.25, -0.2) is 32.2 Å². The van der Waals surface area contributed by atoms with Crippen LogP contribution in [0.4, 0.5) is 14.5 Å². The number of pyridine rings is 1. The molecule has 0 unspecified atom stereocenters. The van der Waals surface area contributed by atoms with E-state index in [2.05, 4.69) is 24.7 Å².